The highest BCUT2D eigenvalue weighted by atomic mass is 19.4. The summed E-state index contributed by atoms with van der Waals surface area (Å²) in [5, 5.41) is 13.1. The van der Waals surface area contributed by atoms with Gasteiger partial charge in [-0.3, -0.25) is 0 Å². The van der Waals surface area contributed by atoms with Crippen molar-refractivity contribution in [1.82, 2.24) is 0 Å². The number of nitrogens with one attached hydrogen (secondary N) is 1. The first-order valence-electron chi connectivity index (χ1n) is 6.91. The van der Waals surface area contributed by atoms with Gasteiger partial charge in [0, 0.05) is 17.3 Å². The molecule has 1 aliphatic rings. The normalized spacial score (nSPS) is 23.6. The fourth-order valence-electron chi connectivity index (χ4n) is 2.78. The van der Waals surface area contributed by atoms with Crippen molar-refractivity contribution in [2.24, 2.45) is 5.92 Å². The van der Waals surface area contributed by atoms with Gasteiger partial charge in [0.05, 0.1) is 5.92 Å². The van der Waals surface area contributed by atoms with Gasteiger partial charge in [-0.1, -0.05) is 6.07 Å². The van der Waals surface area contributed by atoms with Crippen molar-refractivity contribution in [3.8, 4) is 5.75 Å². The molecule has 0 atom stereocenters. The minimum Gasteiger partial charge on any atom is -0.507 e. The van der Waals surface area contributed by atoms with Crippen molar-refractivity contribution in [3.05, 3.63) is 23.3 Å². The second-order valence-corrected chi connectivity index (χ2v) is 5.64. The van der Waals surface area contributed by atoms with Crippen LogP contribution in [0.5, 0.6) is 5.75 Å². The van der Waals surface area contributed by atoms with Gasteiger partial charge in [-0.2, -0.15) is 13.2 Å². The Morgan fingerprint density at radius 3 is 2.25 bits per heavy atom. The fraction of sp³-hybridized carbons (Fsp3) is 0.600. The third kappa shape index (κ3) is 3.19. The van der Waals surface area contributed by atoms with Gasteiger partial charge in [-0.05, 0) is 51.2 Å². The van der Waals surface area contributed by atoms with Crippen LogP contribution in [0.4, 0.5) is 18.9 Å². The number of rotatable bonds is 2. The maximum absolute atomic E-state index is 12.6. The summed E-state index contributed by atoms with van der Waals surface area (Å²) in [7, 11) is 0. The second-order valence-electron chi connectivity index (χ2n) is 5.64. The van der Waals surface area contributed by atoms with E-state index in [1.54, 1.807) is 0 Å². The SMILES string of the molecule is Cc1ccc(NC2CCC(C(F)(F)F)CC2)c(C)c1O. The average molecular weight is 287 g/mol. The molecule has 0 heterocycles. The highest BCUT2D eigenvalue weighted by Gasteiger charge is 2.41. The third-order valence-corrected chi connectivity index (χ3v) is 4.18. The lowest BCUT2D eigenvalue weighted by Gasteiger charge is -2.31. The van der Waals surface area contributed by atoms with Crippen molar-refractivity contribution in [2.45, 2.75) is 51.7 Å². The molecule has 1 fully saturated rings. The maximum atomic E-state index is 12.6. The molecule has 0 aromatic heterocycles. The van der Waals surface area contributed by atoms with Gasteiger partial charge < -0.3 is 10.4 Å². The van der Waals surface area contributed by atoms with E-state index in [4.69, 9.17) is 0 Å². The second kappa shape index (κ2) is 5.54. The van der Waals surface area contributed by atoms with E-state index in [1.165, 1.54) is 0 Å². The molecule has 0 saturated heterocycles. The summed E-state index contributed by atoms with van der Waals surface area (Å²) in [5.74, 6) is -0.910. The number of anilines is 1. The molecule has 1 aromatic rings. The molecule has 2 N–H and O–H groups in total. The third-order valence-electron chi connectivity index (χ3n) is 4.18. The smallest absolute Gasteiger partial charge is 0.391 e. The zero-order chi connectivity index (χ0) is 14.9. The Morgan fingerprint density at radius 2 is 1.70 bits per heavy atom. The molecule has 20 heavy (non-hydrogen) atoms. The van der Waals surface area contributed by atoms with Crippen molar-refractivity contribution in [1.29, 1.82) is 0 Å². The van der Waals surface area contributed by atoms with Gasteiger partial charge in [0.1, 0.15) is 5.75 Å². The first-order chi connectivity index (χ1) is 9.29. The van der Waals surface area contributed by atoms with E-state index < -0.39 is 12.1 Å². The van der Waals surface area contributed by atoms with Crippen molar-refractivity contribution in [3.63, 3.8) is 0 Å². The Hall–Kier alpha value is -1.39. The van der Waals surface area contributed by atoms with Crippen molar-refractivity contribution < 1.29 is 18.3 Å². The van der Waals surface area contributed by atoms with E-state index in [0.29, 0.717) is 12.8 Å². The number of phenolic OH excluding ortho intramolecular Hbond substituents is 1. The van der Waals surface area contributed by atoms with Crippen LogP contribution in [0.3, 0.4) is 0 Å². The largest absolute Gasteiger partial charge is 0.507 e. The highest BCUT2D eigenvalue weighted by Crippen LogP contribution is 2.38. The van der Waals surface area contributed by atoms with Gasteiger partial charge in [0.25, 0.3) is 0 Å². The molecule has 2 rings (SSSR count). The summed E-state index contributed by atoms with van der Waals surface area (Å²) in [4.78, 5) is 0. The van der Waals surface area contributed by atoms with Crippen LogP contribution in [-0.2, 0) is 0 Å². The summed E-state index contributed by atoms with van der Waals surface area (Å²) < 4.78 is 37.8. The quantitative estimate of drug-likeness (QED) is 0.837. The lowest BCUT2D eigenvalue weighted by Crippen LogP contribution is -2.32. The van der Waals surface area contributed by atoms with E-state index in [9.17, 15) is 18.3 Å². The Kier molecular flexibility index (Phi) is 4.16. The molecular formula is C15H20F3NO. The first-order valence-corrected chi connectivity index (χ1v) is 6.91. The van der Waals surface area contributed by atoms with Crippen LogP contribution in [-0.4, -0.2) is 17.3 Å². The molecule has 1 aromatic carbocycles. The number of benzene rings is 1. The van der Waals surface area contributed by atoms with E-state index >= 15 is 0 Å². The number of aryl methyl sites for hydroxylation is 1. The Bertz CT molecular complexity index is 477. The predicted molar refractivity (Wildman–Crippen MR) is 73.0 cm³/mol. The van der Waals surface area contributed by atoms with Gasteiger partial charge in [0.2, 0.25) is 0 Å². The molecule has 0 spiro atoms. The number of alkyl halides is 3. The van der Waals surface area contributed by atoms with Crippen LogP contribution in [0.25, 0.3) is 0 Å². The monoisotopic (exact) mass is 287 g/mol. The minimum atomic E-state index is -4.07. The molecular weight excluding hydrogens is 267 g/mol. The van der Waals surface area contributed by atoms with Crippen LogP contribution >= 0.6 is 0 Å². The van der Waals surface area contributed by atoms with Gasteiger partial charge in [-0.15, -0.1) is 0 Å². The summed E-state index contributed by atoms with van der Waals surface area (Å²) in [6, 6.07) is 3.74. The first kappa shape index (κ1) is 15.0. The zero-order valence-corrected chi connectivity index (χ0v) is 11.7. The van der Waals surface area contributed by atoms with Crippen LogP contribution in [0.2, 0.25) is 0 Å². The van der Waals surface area contributed by atoms with Crippen LogP contribution < -0.4 is 5.32 Å². The van der Waals surface area contributed by atoms with Crippen molar-refractivity contribution >= 4 is 5.69 Å². The lowest BCUT2D eigenvalue weighted by atomic mass is 9.85. The molecule has 1 saturated carbocycles. The summed E-state index contributed by atoms with van der Waals surface area (Å²) >= 11 is 0. The number of phenols is 1. The Balaban J connectivity index is 1.98. The van der Waals surface area contributed by atoms with Crippen molar-refractivity contribution in [2.75, 3.05) is 5.32 Å². The summed E-state index contributed by atoms with van der Waals surface area (Å²) in [6.07, 6.45) is -2.68. The summed E-state index contributed by atoms with van der Waals surface area (Å²) in [5.41, 5.74) is 2.36. The number of hydrogen-bond donors (Lipinski definition) is 2. The number of halogens is 3. The van der Waals surface area contributed by atoms with Crippen LogP contribution in [0, 0.1) is 19.8 Å². The van der Waals surface area contributed by atoms with Gasteiger partial charge in [-0.25, -0.2) is 0 Å². The summed E-state index contributed by atoms with van der Waals surface area (Å²) in [6.45, 7) is 3.63. The highest BCUT2D eigenvalue weighted by molar-refractivity contribution is 5.59. The number of hydrogen-bond acceptors (Lipinski definition) is 2. The predicted octanol–water partition coefficient (Wildman–Crippen LogP) is 4.54. The topological polar surface area (TPSA) is 32.3 Å². The fourth-order valence-corrected chi connectivity index (χ4v) is 2.78. The molecule has 0 aliphatic heterocycles. The molecule has 1 aliphatic carbocycles. The standard InChI is InChI=1S/C15H20F3NO/c1-9-3-8-13(10(2)14(9)20)19-12-6-4-11(5-7-12)15(16,17)18/h3,8,11-12,19-20H,4-7H2,1-2H3. The van der Waals surface area contributed by atoms with Gasteiger partial charge >= 0.3 is 6.18 Å². The molecule has 0 amide bonds. The van der Waals surface area contributed by atoms with E-state index in [0.717, 1.165) is 16.8 Å². The average Bonchev–Trinajstić information content (AvgIpc) is 2.39. The molecule has 2 nitrogen and oxygen atoms in total. The molecule has 0 unspecified atom stereocenters. The Labute approximate surface area is 117 Å². The molecule has 5 heteroatoms. The molecule has 0 radical (unpaired) electrons. The van der Waals surface area contributed by atoms with Crippen LogP contribution in [0.15, 0.2) is 12.1 Å². The number of aromatic hydroxyl groups is 1. The van der Waals surface area contributed by atoms with E-state index in [2.05, 4.69) is 5.32 Å². The Morgan fingerprint density at radius 1 is 1.10 bits per heavy atom. The van der Waals surface area contributed by atoms with E-state index in [-0.39, 0.29) is 24.6 Å². The van der Waals surface area contributed by atoms with Gasteiger partial charge in [0.15, 0.2) is 0 Å². The minimum absolute atomic E-state index is 0.0504. The van der Waals surface area contributed by atoms with Crippen LogP contribution in [0.1, 0.15) is 36.8 Å². The zero-order valence-electron chi connectivity index (χ0n) is 11.7. The lowest BCUT2D eigenvalue weighted by molar-refractivity contribution is -0.182. The van der Waals surface area contributed by atoms with E-state index in [1.807, 2.05) is 26.0 Å². The maximum Gasteiger partial charge on any atom is 0.391 e. The molecule has 0 bridgehead atoms. The molecule has 112 valence electrons.